The summed E-state index contributed by atoms with van der Waals surface area (Å²) in [5.41, 5.74) is 1.12. The molecule has 0 aliphatic rings. The fourth-order valence-electron chi connectivity index (χ4n) is 2.02. The van der Waals surface area contributed by atoms with E-state index in [1.165, 1.54) is 18.2 Å². The fraction of sp³-hybridized carbons (Fsp3) is 0.158. The number of nitrogens with one attached hydrogen (secondary N) is 3. The number of benzene rings is 2. The zero-order valence-corrected chi connectivity index (χ0v) is 14.3. The van der Waals surface area contributed by atoms with Crippen LogP contribution in [0.2, 0.25) is 0 Å². The first-order valence-electron chi connectivity index (χ1n) is 7.97. The van der Waals surface area contributed by atoms with E-state index in [0.717, 1.165) is 0 Å². The van der Waals surface area contributed by atoms with E-state index in [1.807, 2.05) is 0 Å². The number of carbonyl (C=O) groups is 2. The molecule has 0 bridgehead atoms. The Labute approximate surface area is 151 Å². The number of carbonyl (C=O) groups excluding carboxylic acids is 2. The minimum atomic E-state index is -0.806. The van der Waals surface area contributed by atoms with Crippen molar-refractivity contribution in [2.45, 2.75) is 13.0 Å². The summed E-state index contributed by atoms with van der Waals surface area (Å²) in [6.45, 7) is 5.45. The molecule has 0 aliphatic heterocycles. The lowest BCUT2D eigenvalue weighted by Crippen LogP contribution is -2.30. The minimum absolute atomic E-state index is 0.276. The minimum Gasteiger partial charge on any atom is -0.481 e. The van der Waals surface area contributed by atoms with E-state index in [1.54, 1.807) is 43.3 Å². The van der Waals surface area contributed by atoms with Crippen molar-refractivity contribution in [1.29, 1.82) is 0 Å². The van der Waals surface area contributed by atoms with Gasteiger partial charge in [0, 0.05) is 24.0 Å². The second-order valence-corrected chi connectivity index (χ2v) is 5.41. The zero-order valence-electron chi connectivity index (χ0n) is 14.3. The van der Waals surface area contributed by atoms with Gasteiger partial charge in [0.05, 0.1) is 0 Å². The van der Waals surface area contributed by atoms with Gasteiger partial charge in [0.2, 0.25) is 0 Å². The van der Waals surface area contributed by atoms with Crippen LogP contribution in [0, 0.1) is 5.82 Å². The van der Waals surface area contributed by atoms with E-state index in [4.69, 9.17) is 4.74 Å². The largest absolute Gasteiger partial charge is 0.481 e. The van der Waals surface area contributed by atoms with Crippen LogP contribution in [0.4, 0.5) is 20.6 Å². The average molecular weight is 357 g/mol. The predicted molar refractivity (Wildman–Crippen MR) is 98.8 cm³/mol. The third-order valence-electron chi connectivity index (χ3n) is 3.30. The van der Waals surface area contributed by atoms with Crippen LogP contribution in [0.5, 0.6) is 5.75 Å². The van der Waals surface area contributed by atoms with Crippen molar-refractivity contribution in [3.63, 3.8) is 0 Å². The summed E-state index contributed by atoms with van der Waals surface area (Å²) in [7, 11) is 0. The van der Waals surface area contributed by atoms with Gasteiger partial charge in [-0.2, -0.15) is 0 Å². The molecule has 0 heterocycles. The molecule has 0 spiro atoms. The molecule has 2 aromatic carbocycles. The Morgan fingerprint density at radius 3 is 2.42 bits per heavy atom. The highest BCUT2D eigenvalue weighted by molar-refractivity contribution is 5.94. The monoisotopic (exact) mass is 357 g/mol. The van der Waals surface area contributed by atoms with Crippen molar-refractivity contribution in [3.05, 3.63) is 67.0 Å². The first-order valence-corrected chi connectivity index (χ1v) is 7.97. The summed E-state index contributed by atoms with van der Waals surface area (Å²) in [6.07, 6.45) is 0.768. The van der Waals surface area contributed by atoms with Gasteiger partial charge in [-0.15, -0.1) is 6.58 Å². The average Bonchev–Trinajstić information content (AvgIpc) is 2.61. The van der Waals surface area contributed by atoms with Gasteiger partial charge in [-0.25, -0.2) is 9.18 Å². The lowest BCUT2D eigenvalue weighted by Gasteiger charge is -2.15. The summed E-state index contributed by atoms with van der Waals surface area (Å²) < 4.78 is 18.6. The second-order valence-electron chi connectivity index (χ2n) is 5.41. The summed E-state index contributed by atoms with van der Waals surface area (Å²) >= 11 is 0. The van der Waals surface area contributed by atoms with Crippen molar-refractivity contribution in [2.75, 3.05) is 17.2 Å². The van der Waals surface area contributed by atoms with Crippen LogP contribution in [0.1, 0.15) is 6.92 Å². The maximum Gasteiger partial charge on any atom is 0.319 e. The van der Waals surface area contributed by atoms with Crippen LogP contribution in [-0.4, -0.2) is 24.6 Å². The number of anilines is 2. The number of hydrogen-bond acceptors (Lipinski definition) is 3. The second kappa shape index (κ2) is 9.22. The van der Waals surface area contributed by atoms with Crippen LogP contribution in [0.3, 0.4) is 0 Å². The third kappa shape index (κ3) is 5.94. The highest BCUT2D eigenvalue weighted by Gasteiger charge is 2.15. The van der Waals surface area contributed by atoms with Gasteiger partial charge < -0.3 is 20.7 Å². The SMILES string of the molecule is C=CCNC(=O)Nc1ccc(NC(=O)C(C)Oc2cccc(F)c2)cc1. The molecule has 136 valence electrons. The lowest BCUT2D eigenvalue weighted by atomic mass is 10.2. The maximum absolute atomic E-state index is 13.1. The summed E-state index contributed by atoms with van der Waals surface area (Å²) in [5, 5.41) is 7.93. The number of rotatable bonds is 7. The molecule has 0 aromatic heterocycles. The van der Waals surface area contributed by atoms with Gasteiger partial charge in [-0.05, 0) is 43.3 Å². The topological polar surface area (TPSA) is 79.5 Å². The number of urea groups is 1. The highest BCUT2D eigenvalue weighted by Crippen LogP contribution is 2.16. The molecule has 6 nitrogen and oxygen atoms in total. The smallest absolute Gasteiger partial charge is 0.319 e. The first-order chi connectivity index (χ1) is 12.5. The van der Waals surface area contributed by atoms with E-state index in [9.17, 15) is 14.0 Å². The Morgan fingerprint density at radius 1 is 1.15 bits per heavy atom. The van der Waals surface area contributed by atoms with Crippen LogP contribution in [0.15, 0.2) is 61.2 Å². The third-order valence-corrected chi connectivity index (χ3v) is 3.30. The quantitative estimate of drug-likeness (QED) is 0.663. The normalized spacial score (nSPS) is 11.2. The van der Waals surface area contributed by atoms with Gasteiger partial charge in [-0.3, -0.25) is 4.79 Å². The summed E-state index contributed by atoms with van der Waals surface area (Å²) in [4.78, 5) is 23.7. The number of amides is 3. The van der Waals surface area contributed by atoms with Gasteiger partial charge in [0.25, 0.3) is 5.91 Å². The molecule has 3 N–H and O–H groups in total. The molecular weight excluding hydrogens is 337 g/mol. The Kier molecular flexibility index (Phi) is 6.73. The van der Waals surface area contributed by atoms with Crippen molar-refractivity contribution < 1.29 is 18.7 Å². The standard InChI is InChI=1S/C19H20FN3O3/c1-3-11-21-19(25)23-16-9-7-15(8-10-16)22-18(24)13(2)26-17-6-4-5-14(20)12-17/h3-10,12-13H,1,11H2,2H3,(H,22,24)(H2,21,23,25). The molecule has 3 amide bonds. The summed E-state index contributed by atoms with van der Waals surface area (Å²) in [6, 6.07) is 11.8. The van der Waals surface area contributed by atoms with Crippen LogP contribution in [0.25, 0.3) is 0 Å². The van der Waals surface area contributed by atoms with Crippen molar-refractivity contribution in [3.8, 4) is 5.75 Å². The van der Waals surface area contributed by atoms with Crippen molar-refractivity contribution in [2.24, 2.45) is 0 Å². The Bertz CT molecular complexity index is 778. The molecule has 2 rings (SSSR count). The molecule has 0 saturated heterocycles. The van der Waals surface area contributed by atoms with Gasteiger partial charge in [0.15, 0.2) is 6.10 Å². The number of ether oxygens (including phenoxy) is 1. The molecule has 0 saturated carbocycles. The molecule has 26 heavy (non-hydrogen) atoms. The molecular formula is C19H20FN3O3. The fourth-order valence-corrected chi connectivity index (χ4v) is 2.02. The molecule has 2 aromatic rings. The molecule has 0 fully saturated rings. The molecule has 0 radical (unpaired) electrons. The van der Waals surface area contributed by atoms with Crippen LogP contribution >= 0.6 is 0 Å². The van der Waals surface area contributed by atoms with Crippen molar-refractivity contribution in [1.82, 2.24) is 5.32 Å². The van der Waals surface area contributed by atoms with Gasteiger partial charge in [0.1, 0.15) is 11.6 Å². The molecule has 1 atom stereocenters. The van der Waals surface area contributed by atoms with Gasteiger partial charge in [-0.1, -0.05) is 12.1 Å². The van der Waals surface area contributed by atoms with E-state index in [0.29, 0.717) is 17.9 Å². The van der Waals surface area contributed by atoms with E-state index < -0.39 is 11.9 Å². The first kappa shape index (κ1) is 19.0. The number of halogens is 1. The zero-order chi connectivity index (χ0) is 18.9. The Morgan fingerprint density at radius 2 is 1.81 bits per heavy atom. The Balaban J connectivity index is 1.88. The van der Waals surface area contributed by atoms with Crippen molar-refractivity contribution >= 4 is 23.3 Å². The lowest BCUT2D eigenvalue weighted by molar-refractivity contribution is -0.122. The summed E-state index contributed by atoms with van der Waals surface area (Å²) in [5.74, 6) is -0.535. The Hall–Kier alpha value is -3.35. The van der Waals surface area contributed by atoms with E-state index >= 15 is 0 Å². The molecule has 0 aliphatic carbocycles. The molecule has 7 heteroatoms. The molecule has 1 unspecified atom stereocenters. The number of hydrogen-bond donors (Lipinski definition) is 3. The van der Waals surface area contributed by atoms with E-state index in [-0.39, 0.29) is 17.7 Å². The van der Waals surface area contributed by atoms with Crippen LogP contribution in [-0.2, 0) is 4.79 Å². The van der Waals surface area contributed by atoms with E-state index in [2.05, 4.69) is 22.5 Å². The highest BCUT2D eigenvalue weighted by atomic mass is 19.1. The van der Waals surface area contributed by atoms with Gasteiger partial charge >= 0.3 is 6.03 Å². The maximum atomic E-state index is 13.1. The van der Waals surface area contributed by atoms with Crippen LogP contribution < -0.4 is 20.7 Å². The predicted octanol–water partition coefficient (Wildman–Crippen LogP) is 3.54.